The van der Waals surface area contributed by atoms with Crippen LogP contribution in [0.15, 0.2) is 28.7 Å². The second-order valence-electron chi connectivity index (χ2n) is 5.87. The van der Waals surface area contributed by atoms with E-state index in [1.165, 1.54) is 22.5 Å². The Bertz CT molecular complexity index is 883. The zero-order valence-electron chi connectivity index (χ0n) is 13.5. The smallest absolute Gasteiger partial charge is 0.322 e. The fourth-order valence-corrected chi connectivity index (χ4v) is 3.59. The molecule has 0 saturated carbocycles. The molecule has 0 bridgehead atoms. The summed E-state index contributed by atoms with van der Waals surface area (Å²) in [6.07, 6.45) is 2.29. The number of sulfonamides is 1. The lowest BCUT2D eigenvalue weighted by Crippen LogP contribution is -2.43. The molecule has 0 radical (unpaired) electrons. The predicted octanol–water partition coefficient (Wildman–Crippen LogP) is 1.49. The molecule has 1 N–H and O–H groups in total. The highest BCUT2D eigenvalue weighted by Crippen LogP contribution is 2.23. The summed E-state index contributed by atoms with van der Waals surface area (Å²) in [6, 6.07) is 5.53. The van der Waals surface area contributed by atoms with E-state index >= 15 is 0 Å². The fourth-order valence-electron chi connectivity index (χ4n) is 2.68. The second-order valence-corrected chi connectivity index (χ2v) is 7.85. The third kappa shape index (κ3) is 4.20. The molecule has 1 saturated heterocycles. The van der Waals surface area contributed by atoms with Crippen molar-refractivity contribution in [3.8, 4) is 11.5 Å². The van der Waals surface area contributed by atoms with Gasteiger partial charge in [0.05, 0.1) is 12.2 Å². The van der Waals surface area contributed by atoms with Crippen LogP contribution in [0.4, 0.5) is 10.4 Å². The van der Waals surface area contributed by atoms with E-state index in [1.807, 2.05) is 0 Å². The van der Waals surface area contributed by atoms with Crippen LogP contribution < -0.4 is 5.32 Å². The van der Waals surface area contributed by atoms with E-state index in [9.17, 15) is 17.6 Å². The van der Waals surface area contributed by atoms with E-state index in [0.29, 0.717) is 24.9 Å². The molecule has 2 heterocycles. The summed E-state index contributed by atoms with van der Waals surface area (Å²) in [6.45, 7) is 0.530. The van der Waals surface area contributed by atoms with Crippen LogP contribution in [-0.2, 0) is 14.8 Å². The lowest BCUT2D eigenvalue weighted by atomic mass is 9.99. The molecule has 1 aromatic carbocycles. The number of hydrogen-bond acceptors (Lipinski definition) is 6. The molecule has 1 fully saturated rings. The van der Waals surface area contributed by atoms with Gasteiger partial charge in [0, 0.05) is 18.7 Å². The van der Waals surface area contributed by atoms with Gasteiger partial charge in [-0.25, -0.2) is 17.1 Å². The number of halogens is 1. The van der Waals surface area contributed by atoms with E-state index < -0.39 is 21.8 Å². The van der Waals surface area contributed by atoms with Crippen LogP contribution in [-0.4, -0.2) is 48.2 Å². The van der Waals surface area contributed by atoms with Crippen LogP contribution in [0, 0.1) is 11.7 Å². The maximum absolute atomic E-state index is 13.2. The molecule has 8 nitrogen and oxygen atoms in total. The van der Waals surface area contributed by atoms with Gasteiger partial charge in [0.1, 0.15) is 5.82 Å². The third-order valence-corrected chi connectivity index (χ3v) is 5.22. The Morgan fingerprint density at radius 1 is 1.40 bits per heavy atom. The van der Waals surface area contributed by atoms with Gasteiger partial charge in [-0.2, -0.15) is 0 Å². The number of nitrogens with zero attached hydrogens (tertiary/aromatic N) is 3. The molecule has 1 atom stereocenters. The van der Waals surface area contributed by atoms with Crippen LogP contribution in [0.5, 0.6) is 0 Å². The van der Waals surface area contributed by atoms with Gasteiger partial charge < -0.3 is 4.42 Å². The number of rotatable bonds is 4. The first-order valence-corrected chi connectivity index (χ1v) is 9.53. The van der Waals surface area contributed by atoms with E-state index in [1.54, 1.807) is 6.07 Å². The van der Waals surface area contributed by atoms with Gasteiger partial charge in [0.25, 0.3) is 0 Å². The lowest BCUT2D eigenvalue weighted by Gasteiger charge is -2.29. The Kier molecular flexibility index (Phi) is 4.82. The number of anilines is 1. The second kappa shape index (κ2) is 6.89. The normalized spacial score (nSPS) is 18.9. The first-order chi connectivity index (χ1) is 11.8. The van der Waals surface area contributed by atoms with Gasteiger partial charge in [-0.3, -0.25) is 10.1 Å². The van der Waals surface area contributed by atoms with E-state index in [-0.39, 0.29) is 24.4 Å². The van der Waals surface area contributed by atoms with Crippen molar-refractivity contribution in [3.05, 3.63) is 30.1 Å². The molecular weight excluding hydrogens is 351 g/mol. The zero-order valence-corrected chi connectivity index (χ0v) is 14.3. The largest absolute Gasteiger partial charge is 0.403 e. The highest BCUT2D eigenvalue weighted by Gasteiger charge is 2.30. The molecule has 0 aliphatic carbocycles. The van der Waals surface area contributed by atoms with Crippen molar-refractivity contribution in [2.75, 3.05) is 24.7 Å². The van der Waals surface area contributed by atoms with Crippen molar-refractivity contribution in [2.24, 2.45) is 5.92 Å². The Morgan fingerprint density at radius 3 is 2.92 bits per heavy atom. The number of nitrogens with one attached hydrogen (secondary N) is 1. The first-order valence-electron chi connectivity index (χ1n) is 7.68. The molecule has 1 aromatic heterocycles. The summed E-state index contributed by atoms with van der Waals surface area (Å²) >= 11 is 0. The number of benzene rings is 1. The van der Waals surface area contributed by atoms with Crippen LogP contribution in [0.3, 0.4) is 0 Å². The quantitative estimate of drug-likeness (QED) is 0.876. The molecule has 3 rings (SSSR count). The summed E-state index contributed by atoms with van der Waals surface area (Å²) < 4.78 is 43.1. The number of amides is 1. The molecule has 2 aromatic rings. The first kappa shape index (κ1) is 17.5. The highest BCUT2D eigenvalue weighted by molar-refractivity contribution is 7.88. The van der Waals surface area contributed by atoms with Crippen LogP contribution in [0.2, 0.25) is 0 Å². The van der Waals surface area contributed by atoms with Crippen molar-refractivity contribution in [1.82, 2.24) is 14.5 Å². The molecule has 0 spiro atoms. The minimum atomic E-state index is -3.33. The number of carbonyl (C=O) groups is 1. The van der Waals surface area contributed by atoms with E-state index in [0.717, 1.165) is 6.26 Å². The van der Waals surface area contributed by atoms with Gasteiger partial charge in [-0.1, -0.05) is 11.2 Å². The number of piperidine rings is 1. The van der Waals surface area contributed by atoms with Crippen LogP contribution in [0.25, 0.3) is 11.5 Å². The SMILES string of the molecule is CS(=O)(=O)N1CCCC(C(=O)Nc2nnc(-c3cccc(F)c3)o2)C1. The van der Waals surface area contributed by atoms with Gasteiger partial charge in [-0.05, 0) is 31.0 Å². The molecule has 10 heteroatoms. The predicted molar refractivity (Wildman–Crippen MR) is 87.5 cm³/mol. The van der Waals surface area contributed by atoms with E-state index in [4.69, 9.17) is 4.42 Å². The van der Waals surface area contributed by atoms with Crippen molar-refractivity contribution in [3.63, 3.8) is 0 Å². The molecular formula is C15H17FN4O4S. The Labute approximate surface area is 144 Å². The summed E-state index contributed by atoms with van der Waals surface area (Å²) in [5.74, 6) is -1.24. The summed E-state index contributed by atoms with van der Waals surface area (Å²) in [5, 5.41) is 9.99. The Balaban J connectivity index is 1.67. The standard InChI is InChI=1S/C15H17FN4O4S/c1-25(22,23)20-7-3-5-11(9-20)13(21)17-15-19-18-14(24-15)10-4-2-6-12(16)8-10/h2,4,6,8,11H,3,5,7,9H2,1H3,(H,17,19,21). The van der Waals surface area contributed by atoms with Crippen LogP contribution >= 0.6 is 0 Å². The van der Waals surface area contributed by atoms with Crippen molar-refractivity contribution >= 4 is 21.9 Å². The van der Waals surface area contributed by atoms with Gasteiger partial charge in [0.15, 0.2) is 0 Å². The van der Waals surface area contributed by atoms with Crippen molar-refractivity contribution in [2.45, 2.75) is 12.8 Å². The third-order valence-electron chi connectivity index (χ3n) is 3.95. The topological polar surface area (TPSA) is 105 Å². The molecule has 1 aliphatic rings. The Morgan fingerprint density at radius 2 is 2.20 bits per heavy atom. The molecule has 1 unspecified atom stereocenters. The van der Waals surface area contributed by atoms with Gasteiger partial charge in [0.2, 0.25) is 21.8 Å². The van der Waals surface area contributed by atoms with Crippen molar-refractivity contribution < 1.29 is 22.0 Å². The average Bonchev–Trinajstić information content (AvgIpc) is 3.03. The summed E-state index contributed by atoms with van der Waals surface area (Å²) in [7, 11) is -3.33. The molecule has 25 heavy (non-hydrogen) atoms. The number of aromatic nitrogens is 2. The molecule has 1 aliphatic heterocycles. The molecule has 134 valence electrons. The Hall–Kier alpha value is -2.33. The molecule has 1 amide bonds. The van der Waals surface area contributed by atoms with Crippen LogP contribution in [0.1, 0.15) is 12.8 Å². The number of hydrogen-bond donors (Lipinski definition) is 1. The number of carbonyl (C=O) groups excluding carboxylic acids is 1. The maximum atomic E-state index is 13.2. The average molecular weight is 368 g/mol. The van der Waals surface area contributed by atoms with Crippen molar-refractivity contribution in [1.29, 1.82) is 0 Å². The fraction of sp³-hybridized carbons (Fsp3) is 0.400. The van der Waals surface area contributed by atoms with Gasteiger partial charge >= 0.3 is 6.01 Å². The minimum absolute atomic E-state index is 0.0798. The summed E-state index contributed by atoms with van der Waals surface area (Å²) in [5.41, 5.74) is 0.397. The van der Waals surface area contributed by atoms with Gasteiger partial charge in [-0.15, -0.1) is 5.10 Å². The highest BCUT2D eigenvalue weighted by atomic mass is 32.2. The summed E-state index contributed by atoms with van der Waals surface area (Å²) in [4.78, 5) is 12.3. The minimum Gasteiger partial charge on any atom is -0.403 e. The maximum Gasteiger partial charge on any atom is 0.322 e. The zero-order chi connectivity index (χ0) is 18.0. The lowest BCUT2D eigenvalue weighted by molar-refractivity contribution is -0.121. The monoisotopic (exact) mass is 368 g/mol. The van der Waals surface area contributed by atoms with E-state index in [2.05, 4.69) is 15.5 Å².